The van der Waals surface area contributed by atoms with Gasteiger partial charge in [0, 0.05) is 19.2 Å². The smallest absolute Gasteiger partial charge is 0.230 e. The third kappa shape index (κ3) is 3.75. The summed E-state index contributed by atoms with van der Waals surface area (Å²) in [6, 6.07) is 6.21. The maximum absolute atomic E-state index is 13.3. The molecule has 1 rings (SSSR count). The predicted octanol–water partition coefficient (Wildman–Crippen LogP) is 0.921. The monoisotopic (exact) mass is 239 g/mol. The number of nitrogens with two attached hydrogens (primary N) is 1. The van der Waals surface area contributed by atoms with Crippen LogP contribution in [0.1, 0.15) is 12.0 Å². The molecule has 0 aliphatic rings. The van der Waals surface area contributed by atoms with Crippen LogP contribution in [0.15, 0.2) is 29.4 Å². The van der Waals surface area contributed by atoms with Gasteiger partial charge >= 0.3 is 0 Å². The zero-order chi connectivity index (χ0) is 12.8. The van der Waals surface area contributed by atoms with Crippen LogP contribution in [0.2, 0.25) is 0 Å². The van der Waals surface area contributed by atoms with Crippen molar-refractivity contribution in [2.75, 3.05) is 7.05 Å². The van der Waals surface area contributed by atoms with Gasteiger partial charge in [0.2, 0.25) is 5.91 Å². The van der Waals surface area contributed by atoms with Gasteiger partial charge in [0.1, 0.15) is 11.7 Å². The van der Waals surface area contributed by atoms with Crippen LogP contribution in [-0.2, 0) is 11.3 Å². The number of carbonyl (C=O) groups excluding carboxylic acids is 1. The highest BCUT2D eigenvalue weighted by Crippen LogP contribution is 2.09. The van der Waals surface area contributed by atoms with E-state index >= 15 is 0 Å². The molecule has 3 N–H and O–H groups in total. The first-order valence-electron chi connectivity index (χ1n) is 4.98. The highest BCUT2D eigenvalue weighted by atomic mass is 19.1. The van der Waals surface area contributed by atoms with Crippen molar-refractivity contribution in [3.63, 3.8) is 0 Å². The first kappa shape index (κ1) is 13.0. The number of benzene rings is 1. The fourth-order valence-electron chi connectivity index (χ4n) is 1.30. The minimum atomic E-state index is -0.365. The van der Waals surface area contributed by atoms with Gasteiger partial charge in [0.05, 0.1) is 6.42 Å². The third-order valence-electron chi connectivity index (χ3n) is 2.25. The molecule has 0 radical (unpaired) electrons. The second-order valence-corrected chi connectivity index (χ2v) is 3.61. The zero-order valence-corrected chi connectivity index (χ0v) is 9.43. The molecule has 0 aliphatic heterocycles. The Balaban J connectivity index is 2.63. The van der Waals surface area contributed by atoms with Crippen molar-refractivity contribution in [1.29, 1.82) is 0 Å². The number of hydrogen-bond acceptors (Lipinski definition) is 3. The Bertz CT molecular complexity index is 434. The molecular formula is C11H14FN3O2. The van der Waals surface area contributed by atoms with E-state index < -0.39 is 0 Å². The molecule has 0 saturated heterocycles. The van der Waals surface area contributed by atoms with E-state index in [0.29, 0.717) is 5.56 Å². The lowest BCUT2D eigenvalue weighted by Gasteiger charge is -2.17. The van der Waals surface area contributed by atoms with Gasteiger partial charge in [-0.05, 0) is 6.07 Å². The van der Waals surface area contributed by atoms with E-state index in [-0.39, 0.29) is 30.5 Å². The van der Waals surface area contributed by atoms with Crippen LogP contribution in [0.5, 0.6) is 0 Å². The van der Waals surface area contributed by atoms with Crippen LogP contribution in [-0.4, -0.2) is 28.9 Å². The molecule has 0 unspecified atom stereocenters. The number of amides is 1. The quantitative estimate of drug-likeness (QED) is 0.355. The molecule has 0 heterocycles. The fraction of sp³-hybridized carbons (Fsp3) is 0.273. The molecular weight excluding hydrogens is 225 g/mol. The number of oxime groups is 1. The minimum Gasteiger partial charge on any atom is -0.409 e. The van der Waals surface area contributed by atoms with Gasteiger partial charge in [0.25, 0.3) is 0 Å². The second kappa shape index (κ2) is 5.83. The zero-order valence-electron chi connectivity index (χ0n) is 9.43. The normalized spacial score (nSPS) is 11.3. The number of hydrogen-bond donors (Lipinski definition) is 2. The van der Waals surface area contributed by atoms with Crippen LogP contribution in [0, 0.1) is 5.82 Å². The molecule has 0 saturated carbocycles. The topological polar surface area (TPSA) is 78.9 Å². The molecule has 0 atom stereocenters. The molecule has 1 aromatic rings. The molecule has 92 valence electrons. The summed E-state index contributed by atoms with van der Waals surface area (Å²) in [4.78, 5) is 12.9. The number of halogens is 1. The Kier molecular flexibility index (Phi) is 4.45. The molecule has 1 aromatic carbocycles. The van der Waals surface area contributed by atoms with E-state index in [9.17, 15) is 9.18 Å². The van der Waals surface area contributed by atoms with Gasteiger partial charge in [-0.1, -0.05) is 23.4 Å². The van der Waals surface area contributed by atoms with Crippen molar-refractivity contribution in [2.45, 2.75) is 13.0 Å². The van der Waals surface area contributed by atoms with E-state index in [1.807, 2.05) is 0 Å². The van der Waals surface area contributed by atoms with Gasteiger partial charge in [0.15, 0.2) is 0 Å². The highest BCUT2D eigenvalue weighted by molar-refractivity contribution is 5.98. The number of amidine groups is 1. The highest BCUT2D eigenvalue weighted by Gasteiger charge is 2.12. The first-order chi connectivity index (χ1) is 8.04. The van der Waals surface area contributed by atoms with E-state index in [1.54, 1.807) is 18.2 Å². The van der Waals surface area contributed by atoms with E-state index in [2.05, 4.69) is 5.16 Å². The van der Waals surface area contributed by atoms with Gasteiger partial charge in [-0.2, -0.15) is 0 Å². The van der Waals surface area contributed by atoms with Crippen molar-refractivity contribution in [3.05, 3.63) is 35.6 Å². The summed E-state index contributed by atoms with van der Waals surface area (Å²) < 4.78 is 13.3. The first-order valence-corrected chi connectivity index (χ1v) is 4.98. The Hall–Kier alpha value is -2.11. The summed E-state index contributed by atoms with van der Waals surface area (Å²) in [5.41, 5.74) is 5.63. The largest absolute Gasteiger partial charge is 0.409 e. The molecule has 5 nitrogen and oxygen atoms in total. The Morgan fingerprint density at radius 2 is 2.18 bits per heavy atom. The molecule has 0 spiro atoms. The van der Waals surface area contributed by atoms with Crippen molar-refractivity contribution in [3.8, 4) is 0 Å². The van der Waals surface area contributed by atoms with Gasteiger partial charge < -0.3 is 15.8 Å². The lowest BCUT2D eigenvalue weighted by atomic mass is 10.2. The van der Waals surface area contributed by atoms with Crippen molar-refractivity contribution in [2.24, 2.45) is 10.9 Å². The summed E-state index contributed by atoms with van der Waals surface area (Å²) in [7, 11) is 1.53. The van der Waals surface area contributed by atoms with Crippen LogP contribution < -0.4 is 5.73 Å². The average Bonchev–Trinajstić information content (AvgIpc) is 2.31. The SMILES string of the molecule is CN(Cc1ccccc1F)C(=O)CC(N)=NO. The summed E-state index contributed by atoms with van der Waals surface area (Å²) >= 11 is 0. The fourth-order valence-corrected chi connectivity index (χ4v) is 1.30. The van der Waals surface area contributed by atoms with Crippen LogP contribution >= 0.6 is 0 Å². The lowest BCUT2D eigenvalue weighted by Crippen LogP contribution is -2.30. The number of nitrogens with zero attached hydrogens (tertiary/aromatic N) is 2. The maximum atomic E-state index is 13.3. The minimum absolute atomic E-state index is 0.143. The van der Waals surface area contributed by atoms with E-state index in [1.165, 1.54) is 18.0 Å². The molecule has 0 aliphatic carbocycles. The van der Waals surface area contributed by atoms with E-state index in [4.69, 9.17) is 10.9 Å². The second-order valence-electron chi connectivity index (χ2n) is 3.61. The summed E-state index contributed by atoms with van der Waals surface area (Å²) in [6.45, 7) is 0.143. The van der Waals surface area contributed by atoms with Crippen molar-refractivity contribution >= 4 is 11.7 Å². The Morgan fingerprint density at radius 3 is 2.76 bits per heavy atom. The maximum Gasteiger partial charge on any atom is 0.230 e. The average molecular weight is 239 g/mol. The molecule has 0 fully saturated rings. The van der Waals surface area contributed by atoms with Gasteiger partial charge in [-0.15, -0.1) is 0 Å². The third-order valence-corrected chi connectivity index (χ3v) is 2.25. The summed E-state index contributed by atoms with van der Waals surface area (Å²) in [6.07, 6.45) is -0.193. The lowest BCUT2D eigenvalue weighted by molar-refractivity contribution is -0.129. The molecule has 1 amide bonds. The number of rotatable bonds is 4. The van der Waals surface area contributed by atoms with Crippen molar-refractivity contribution in [1.82, 2.24) is 4.90 Å². The molecule has 0 aromatic heterocycles. The van der Waals surface area contributed by atoms with Crippen molar-refractivity contribution < 1.29 is 14.4 Å². The Morgan fingerprint density at radius 1 is 1.53 bits per heavy atom. The molecule has 0 bridgehead atoms. The summed E-state index contributed by atoms with van der Waals surface area (Å²) in [5.74, 6) is -0.880. The molecule has 17 heavy (non-hydrogen) atoms. The predicted molar refractivity (Wildman–Crippen MR) is 60.9 cm³/mol. The number of carbonyl (C=O) groups is 1. The van der Waals surface area contributed by atoms with Gasteiger partial charge in [-0.25, -0.2) is 4.39 Å². The van der Waals surface area contributed by atoms with Crippen LogP contribution in [0.3, 0.4) is 0 Å². The van der Waals surface area contributed by atoms with E-state index in [0.717, 1.165) is 0 Å². The summed E-state index contributed by atoms with van der Waals surface area (Å²) in [5, 5.41) is 11.0. The molecule has 6 heteroatoms. The van der Waals surface area contributed by atoms with Crippen LogP contribution in [0.25, 0.3) is 0 Å². The van der Waals surface area contributed by atoms with Crippen LogP contribution in [0.4, 0.5) is 4.39 Å². The Labute approximate surface area is 98.3 Å². The van der Waals surface area contributed by atoms with Gasteiger partial charge in [-0.3, -0.25) is 4.79 Å². The standard InChI is InChI=1S/C11H14FN3O2/c1-15(11(16)6-10(13)14-17)7-8-4-2-3-5-9(8)12/h2-5,17H,6-7H2,1H3,(H2,13,14).